The molecule has 2 N–H and O–H groups in total. The van der Waals surface area contributed by atoms with Crippen molar-refractivity contribution in [3.63, 3.8) is 0 Å². The maximum Gasteiger partial charge on any atom is 0.321 e. The van der Waals surface area contributed by atoms with Crippen LogP contribution in [0.25, 0.3) is 0 Å². The molecular weight excluding hydrogens is 356 g/mol. The molecule has 0 saturated carbocycles. The second-order valence-corrected chi connectivity index (χ2v) is 6.52. The van der Waals surface area contributed by atoms with Crippen molar-refractivity contribution in [3.8, 4) is 0 Å². The first-order chi connectivity index (χ1) is 12.3. The monoisotopic (exact) mass is 380 g/mol. The Morgan fingerprint density at radius 1 is 1.12 bits per heavy atom. The summed E-state index contributed by atoms with van der Waals surface area (Å²) in [6, 6.07) is 6.40. The SMILES string of the molecule is CC[C@@H](C)NC(=O)NC(=O)COC(=O)CCC(=O)c1ccc(SC)cc1. The number of hydrogen-bond acceptors (Lipinski definition) is 6. The highest BCUT2D eigenvalue weighted by atomic mass is 32.2. The van der Waals surface area contributed by atoms with Crippen LogP contribution in [0.2, 0.25) is 0 Å². The summed E-state index contributed by atoms with van der Waals surface area (Å²) in [6.07, 6.45) is 2.53. The lowest BCUT2D eigenvalue weighted by atomic mass is 10.1. The Morgan fingerprint density at radius 2 is 1.77 bits per heavy atom. The van der Waals surface area contributed by atoms with Crippen LogP contribution in [0, 0.1) is 0 Å². The summed E-state index contributed by atoms with van der Waals surface area (Å²) in [4.78, 5) is 47.7. The van der Waals surface area contributed by atoms with E-state index in [0.717, 1.165) is 11.3 Å². The van der Waals surface area contributed by atoms with Gasteiger partial charge in [-0.05, 0) is 31.7 Å². The Labute approximate surface area is 157 Å². The second-order valence-electron chi connectivity index (χ2n) is 5.64. The molecule has 8 heteroatoms. The van der Waals surface area contributed by atoms with Crippen molar-refractivity contribution in [2.24, 2.45) is 0 Å². The van der Waals surface area contributed by atoms with Gasteiger partial charge in [-0.25, -0.2) is 4.79 Å². The third-order valence-corrected chi connectivity index (χ3v) is 4.32. The highest BCUT2D eigenvalue weighted by molar-refractivity contribution is 7.98. The zero-order valence-corrected chi connectivity index (χ0v) is 16.0. The van der Waals surface area contributed by atoms with Crippen LogP contribution in [-0.4, -0.2) is 42.6 Å². The Hall–Kier alpha value is -2.35. The number of Topliss-reactive ketones (excluding diaryl/α,β-unsaturated/α-hetero) is 1. The molecule has 0 aromatic heterocycles. The van der Waals surface area contributed by atoms with E-state index in [-0.39, 0.29) is 24.7 Å². The van der Waals surface area contributed by atoms with E-state index in [1.54, 1.807) is 30.8 Å². The topological polar surface area (TPSA) is 102 Å². The van der Waals surface area contributed by atoms with Crippen molar-refractivity contribution >= 4 is 35.5 Å². The fourth-order valence-corrected chi connectivity index (χ4v) is 2.29. The first kappa shape index (κ1) is 21.7. The highest BCUT2D eigenvalue weighted by Gasteiger charge is 2.14. The highest BCUT2D eigenvalue weighted by Crippen LogP contribution is 2.16. The summed E-state index contributed by atoms with van der Waals surface area (Å²) >= 11 is 1.57. The lowest BCUT2D eigenvalue weighted by Crippen LogP contribution is -2.44. The molecular formula is C18H24N2O5S. The summed E-state index contributed by atoms with van der Waals surface area (Å²) in [5, 5.41) is 4.62. The number of rotatable bonds is 9. The molecule has 1 atom stereocenters. The van der Waals surface area contributed by atoms with Crippen LogP contribution in [0.4, 0.5) is 4.79 Å². The lowest BCUT2D eigenvalue weighted by molar-refractivity contribution is -0.148. The number of amides is 3. The molecule has 26 heavy (non-hydrogen) atoms. The van der Waals surface area contributed by atoms with Gasteiger partial charge in [0.25, 0.3) is 5.91 Å². The maximum absolute atomic E-state index is 12.0. The molecule has 1 rings (SSSR count). The van der Waals surface area contributed by atoms with E-state index in [2.05, 4.69) is 10.6 Å². The quantitative estimate of drug-likeness (QED) is 0.388. The molecule has 0 aliphatic carbocycles. The molecule has 0 spiro atoms. The average molecular weight is 380 g/mol. The largest absolute Gasteiger partial charge is 0.456 e. The Kier molecular flexibility index (Phi) is 9.43. The third kappa shape index (κ3) is 8.15. The summed E-state index contributed by atoms with van der Waals surface area (Å²) in [6.45, 7) is 3.13. The van der Waals surface area contributed by atoms with Crippen molar-refractivity contribution < 1.29 is 23.9 Å². The van der Waals surface area contributed by atoms with Crippen LogP contribution in [0.15, 0.2) is 29.2 Å². The van der Waals surface area contributed by atoms with Gasteiger partial charge in [0, 0.05) is 22.9 Å². The molecule has 3 amide bonds. The number of nitrogens with one attached hydrogen (secondary N) is 2. The first-order valence-corrected chi connectivity index (χ1v) is 9.51. The molecule has 0 fully saturated rings. The molecule has 0 heterocycles. The number of benzene rings is 1. The van der Waals surface area contributed by atoms with E-state index < -0.39 is 24.5 Å². The third-order valence-electron chi connectivity index (χ3n) is 3.58. The standard InChI is InChI=1S/C18H24N2O5S/c1-4-12(2)19-18(24)20-16(22)11-25-17(23)10-9-15(21)13-5-7-14(26-3)8-6-13/h5-8,12H,4,9-11H2,1-3H3,(H2,19,20,22,24)/t12-/m1/s1. The van der Waals surface area contributed by atoms with Gasteiger partial charge in [-0.15, -0.1) is 11.8 Å². The first-order valence-electron chi connectivity index (χ1n) is 8.29. The van der Waals surface area contributed by atoms with Crippen molar-refractivity contribution in [3.05, 3.63) is 29.8 Å². The van der Waals surface area contributed by atoms with Crippen molar-refractivity contribution in [2.45, 2.75) is 44.0 Å². The summed E-state index contributed by atoms with van der Waals surface area (Å²) in [5.41, 5.74) is 0.523. The fourth-order valence-electron chi connectivity index (χ4n) is 1.88. The van der Waals surface area contributed by atoms with Gasteiger partial charge in [0.2, 0.25) is 0 Å². The van der Waals surface area contributed by atoms with Crippen LogP contribution < -0.4 is 10.6 Å². The minimum Gasteiger partial charge on any atom is -0.456 e. The number of carbonyl (C=O) groups is 4. The molecule has 0 aliphatic heterocycles. The zero-order valence-electron chi connectivity index (χ0n) is 15.2. The van der Waals surface area contributed by atoms with Gasteiger partial charge >= 0.3 is 12.0 Å². The summed E-state index contributed by atoms with van der Waals surface area (Å²) in [5.74, 6) is -1.57. The van der Waals surface area contributed by atoms with E-state index in [1.807, 2.05) is 25.3 Å². The van der Waals surface area contributed by atoms with Gasteiger partial charge < -0.3 is 10.1 Å². The number of hydrogen-bond donors (Lipinski definition) is 2. The molecule has 1 aromatic rings. The predicted octanol–water partition coefficient (Wildman–Crippen LogP) is 2.54. The Balaban J connectivity index is 2.30. The molecule has 0 bridgehead atoms. The van der Waals surface area contributed by atoms with E-state index in [9.17, 15) is 19.2 Å². The molecule has 0 radical (unpaired) electrons. The molecule has 0 aliphatic rings. The molecule has 0 saturated heterocycles. The van der Waals surface area contributed by atoms with Crippen LogP contribution in [-0.2, 0) is 14.3 Å². The maximum atomic E-state index is 12.0. The number of carbonyl (C=O) groups excluding carboxylic acids is 4. The molecule has 7 nitrogen and oxygen atoms in total. The normalized spacial score (nSPS) is 11.3. The summed E-state index contributed by atoms with van der Waals surface area (Å²) in [7, 11) is 0. The van der Waals surface area contributed by atoms with Gasteiger partial charge in [-0.1, -0.05) is 19.1 Å². The molecule has 142 valence electrons. The van der Waals surface area contributed by atoms with E-state index in [1.165, 1.54) is 0 Å². The number of thioether (sulfide) groups is 1. The second kappa shape index (κ2) is 11.3. The molecule has 1 aromatic carbocycles. The summed E-state index contributed by atoms with van der Waals surface area (Å²) < 4.78 is 4.77. The van der Waals surface area contributed by atoms with E-state index >= 15 is 0 Å². The van der Waals surface area contributed by atoms with Gasteiger partial charge in [0.1, 0.15) is 0 Å². The number of ketones is 1. The number of imide groups is 1. The minimum atomic E-state index is -0.724. The van der Waals surface area contributed by atoms with Crippen LogP contribution >= 0.6 is 11.8 Å². The van der Waals surface area contributed by atoms with Gasteiger partial charge in [0.05, 0.1) is 6.42 Å². The average Bonchev–Trinajstić information content (AvgIpc) is 2.64. The Morgan fingerprint density at radius 3 is 2.35 bits per heavy atom. The zero-order chi connectivity index (χ0) is 19.5. The Bertz CT molecular complexity index is 645. The van der Waals surface area contributed by atoms with Gasteiger partial charge in [-0.3, -0.25) is 19.7 Å². The van der Waals surface area contributed by atoms with Crippen molar-refractivity contribution in [1.82, 2.24) is 10.6 Å². The van der Waals surface area contributed by atoms with Crippen LogP contribution in [0.1, 0.15) is 43.5 Å². The van der Waals surface area contributed by atoms with E-state index in [4.69, 9.17) is 4.74 Å². The van der Waals surface area contributed by atoms with Crippen molar-refractivity contribution in [1.29, 1.82) is 0 Å². The number of ether oxygens (including phenoxy) is 1. The molecule has 0 unspecified atom stereocenters. The minimum absolute atomic E-state index is 0.00638. The lowest BCUT2D eigenvalue weighted by Gasteiger charge is -2.11. The smallest absolute Gasteiger partial charge is 0.321 e. The van der Waals surface area contributed by atoms with Crippen molar-refractivity contribution in [2.75, 3.05) is 12.9 Å². The van der Waals surface area contributed by atoms with Gasteiger partial charge in [0.15, 0.2) is 12.4 Å². The number of urea groups is 1. The fraction of sp³-hybridized carbons (Fsp3) is 0.444. The van der Waals surface area contributed by atoms with E-state index in [0.29, 0.717) is 5.56 Å². The van der Waals surface area contributed by atoms with Crippen LogP contribution in [0.5, 0.6) is 0 Å². The van der Waals surface area contributed by atoms with Gasteiger partial charge in [-0.2, -0.15) is 0 Å². The predicted molar refractivity (Wildman–Crippen MR) is 99.2 cm³/mol. The number of esters is 1. The van der Waals surface area contributed by atoms with Crippen LogP contribution in [0.3, 0.4) is 0 Å².